The number of Topliss-reactive ketones (excluding diaryl/α,β-unsaturated/α-hetero) is 1. The van der Waals surface area contributed by atoms with Crippen molar-refractivity contribution >= 4 is 17.3 Å². The van der Waals surface area contributed by atoms with Crippen molar-refractivity contribution in [2.45, 2.75) is 6.10 Å². The summed E-state index contributed by atoms with van der Waals surface area (Å²) in [6.45, 7) is 0. The molecule has 0 fully saturated rings. The van der Waals surface area contributed by atoms with Gasteiger partial charge in [0.25, 0.3) is 0 Å². The van der Waals surface area contributed by atoms with Crippen LogP contribution in [0.5, 0.6) is 0 Å². The lowest BCUT2D eigenvalue weighted by atomic mass is 9.91. The van der Waals surface area contributed by atoms with Gasteiger partial charge in [0.15, 0.2) is 11.6 Å². The van der Waals surface area contributed by atoms with Crippen LogP contribution >= 0.6 is 0 Å². The van der Waals surface area contributed by atoms with Gasteiger partial charge in [-0.1, -0.05) is 72.8 Å². The van der Waals surface area contributed by atoms with Gasteiger partial charge in [-0.25, -0.2) is 0 Å². The Labute approximate surface area is 145 Å². The van der Waals surface area contributed by atoms with Crippen LogP contribution in [0.15, 0.2) is 78.9 Å². The lowest BCUT2D eigenvalue weighted by Gasteiger charge is -2.14. The number of carbonyl (C=O) groups excluding carboxylic acids is 2. The summed E-state index contributed by atoms with van der Waals surface area (Å²) in [5, 5.41) is 10.4. The van der Waals surface area contributed by atoms with Crippen LogP contribution in [0.3, 0.4) is 0 Å². The first-order valence-electron chi connectivity index (χ1n) is 7.85. The van der Waals surface area contributed by atoms with Crippen molar-refractivity contribution in [3.8, 4) is 0 Å². The Bertz CT molecular complexity index is 905. The topological polar surface area (TPSA) is 80.4 Å². The van der Waals surface area contributed by atoms with Crippen molar-refractivity contribution in [1.82, 2.24) is 0 Å². The van der Waals surface area contributed by atoms with Crippen LogP contribution in [-0.4, -0.2) is 16.7 Å². The molecule has 0 aromatic heterocycles. The molecule has 0 aliphatic heterocycles. The quantitative estimate of drug-likeness (QED) is 0.554. The van der Waals surface area contributed by atoms with Crippen molar-refractivity contribution < 1.29 is 14.7 Å². The predicted octanol–water partition coefficient (Wildman–Crippen LogP) is 3.42. The zero-order valence-electron chi connectivity index (χ0n) is 13.4. The molecule has 4 heteroatoms. The summed E-state index contributed by atoms with van der Waals surface area (Å²) in [5.41, 5.74) is 7.32. The SMILES string of the molecule is Nc1cccc(C(=O)C(O)c2ccccc2)c1C(=O)c1ccccc1. The van der Waals surface area contributed by atoms with E-state index in [2.05, 4.69) is 0 Å². The third-order valence-corrected chi connectivity index (χ3v) is 3.99. The molecule has 3 aromatic carbocycles. The molecule has 3 rings (SSSR count). The number of aliphatic hydroxyl groups excluding tert-OH is 1. The van der Waals surface area contributed by atoms with E-state index in [1.807, 2.05) is 0 Å². The summed E-state index contributed by atoms with van der Waals surface area (Å²) in [6.07, 6.45) is -1.36. The molecule has 0 amide bonds. The minimum absolute atomic E-state index is 0.116. The van der Waals surface area contributed by atoms with Crippen LogP contribution in [0, 0.1) is 0 Å². The third kappa shape index (κ3) is 3.34. The fourth-order valence-corrected chi connectivity index (χ4v) is 2.70. The van der Waals surface area contributed by atoms with Gasteiger partial charge in [0.1, 0.15) is 6.10 Å². The standard InChI is InChI=1S/C21H17NO3/c22-17-13-7-12-16(18(17)19(23)14-8-3-1-4-9-14)21(25)20(24)15-10-5-2-6-11-15/h1-13,20,24H,22H2. The molecule has 4 nitrogen and oxygen atoms in total. The molecule has 0 bridgehead atoms. The first-order chi connectivity index (χ1) is 12.1. The molecule has 25 heavy (non-hydrogen) atoms. The Morgan fingerprint density at radius 1 is 0.800 bits per heavy atom. The van der Waals surface area contributed by atoms with E-state index in [0.29, 0.717) is 11.1 Å². The van der Waals surface area contributed by atoms with Gasteiger partial charge in [0.05, 0.1) is 5.56 Å². The largest absolute Gasteiger partial charge is 0.398 e. The fourth-order valence-electron chi connectivity index (χ4n) is 2.70. The van der Waals surface area contributed by atoms with E-state index in [-0.39, 0.29) is 22.6 Å². The van der Waals surface area contributed by atoms with E-state index in [4.69, 9.17) is 5.73 Å². The molecule has 0 aliphatic rings. The molecule has 3 N–H and O–H groups in total. The first-order valence-corrected chi connectivity index (χ1v) is 7.85. The van der Waals surface area contributed by atoms with E-state index in [1.165, 1.54) is 6.07 Å². The van der Waals surface area contributed by atoms with Gasteiger partial charge in [-0.05, 0) is 11.6 Å². The molecule has 0 saturated carbocycles. The van der Waals surface area contributed by atoms with Crippen molar-refractivity contribution in [2.24, 2.45) is 0 Å². The predicted molar refractivity (Wildman–Crippen MR) is 96.5 cm³/mol. The van der Waals surface area contributed by atoms with Crippen molar-refractivity contribution in [3.05, 3.63) is 101 Å². The number of aliphatic hydroxyl groups is 1. The van der Waals surface area contributed by atoms with Crippen LogP contribution in [0.25, 0.3) is 0 Å². The summed E-state index contributed by atoms with van der Waals surface area (Å²) in [5.74, 6) is -0.903. The highest BCUT2D eigenvalue weighted by Crippen LogP contribution is 2.26. The second-order valence-corrected chi connectivity index (χ2v) is 5.64. The average Bonchev–Trinajstić information content (AvgIpc) is 2.67. The number of nitrogens with two attached hydrogens (primary N) is 1. The minimum Gasteiger partial charge on any atom is -0.398 e. The molecule has 0 saturated heterocycles. The van der Waals surface area contributed by atoms with E-state index < -0.39 is 11.9 Å². The second kappa shape index (κ2) is 7.11. The van der Waals surface area contributed by atoms with Gasteiger partial charge in [0.2, 0.25) is 0 Å². The Balaban J connectivity index is 2.04. The van der Waals surface area contributed by atoms with Crippen molar-refractivity contribution in [1.29, 1.82) is 0 Å². The number of carbonyl (C=O) groups is 2. The molecule has 0 radical (unpaired) electrons. The molecular formula is C21H17NO3. The van der Waals surface area contributed by atoms with Gasteiger partial charge >= 0.3 is 0 Å². The van der Waals surface area contributed by atoms with E-state index in [9.17, 15) is 14.7 Å². The number of hydrogen-bond donors (Lipinski definition) is 2. The van der Waals surface area contributed by atoms with Crippen molar-refractivity contribution in [2.75, 3.05) is 5.73 Å². The summed E-state index contributed by atoms with van der Waals surface area (Å²) >= 11 is 0. The lowest BCUT2D eigenvalue weighted by molar-refractivity contribution is 0.0744. The summed E-state index contributed by atoms with van der Waals surface area (Å²) in [6, 6.07) is 21.9. The molecule has 1 atom stereocenters. The monoisotopic (exact) mass is 331 g/mol. The van der Waals surface area contributed by atoms with Crippen LogP contribution in [0.1, 0.15) is 37.9 Å². The molecule has 1 unspecified atom stereocenters. The highest BCUT2D eigenvalue weighted by molar-refractivity contribution is 6.19. The average molecular weight is 331 g/mol. The zero-order valence-corrected chi connectivity index (χ0v) is 13.4. The van der Waals surface area contributed by atoms with Crippen molar-refractivity contribution in [3.63, 3.8) is 0 Å². The number of ketones is 2. The molecule has 124 valence electrons. The van der Waals surface area contributed by atoms with Crippen LogP contribution in [0.4, 0.5) is 5.69 Å². The van der Waals surface area contributed by atoms with Gasteiger partial charge in [-0.2, -0.15) is 0 Å². The van der Waals surface area contributed by atoms with E-state index in [1.54, 1.807) is 72.8 Å². The number of anilines is 1. The maximum Gasteiger partial charge on any atom is 0.196 e. The fraction of sp³-hybridized carbons (Fsp3) is 0.0476. The highest BCUT2D eigenvalue weighted by Gasteiger charge is 2.26. The zero-order chi connectivity index (χ0) is 17.8. The number of hydrogen-bond acceptors (Lipinski definition) is 4. The molecule has 0 aliphatic carbocycles. The lowest BCUT2D eigenvalue weighted by Crippen LogP contribution is -2.18. The van der Waals surface area contributed by atoms with Gasteiger partial charge in [0, 0.05) is 16.8 Å². The minimum atomic E-state index is -1.36. The molecular weight excluding hydrogens is 314 g/mol. The Morgan fingerprint density at radius 3 is 2.04 bits per heavy atom. The number of nitrogen functional groups attached to an aromatic ring is 1. The van der Waals surface area contributed by atoms with Gasteiger partial charge in [-0.15, -0.1) is 0 Å². The second-order valence-electron chi connectivity index (χ2n) is 5.64. The van der Waals surface area contributed by atoms with Crippen LogP contribution < -0.4 is 5.73 Å². The maximum absolute atomic E-state index is 12.8. The Morgan fingerprint density at radius 2 is 1.40 bits per heavy atom. The highest BCUT2D eigenvalue weighted by atomic mass is 16.3. The normalized spacial score (nSPS) is 11.7. The number of benzene rings is 3. The molecule has 0 spiro atoms. The Kier molecular flexibility index (Phi) is 4.73. The van der Waals surface area contributed by atoms with E-state index >= 15 is 0 Å². The van der Waals surface area contributed by atoms with Gasteiger partial charge < -0.3 is 10.8 Å². The molecule has 3 aromatic rings. The van der Waals surface area contributed by atoms with Gasteiger partial charge in [-0.3, -0.25) is 9.59 Å². The summed E-state index contributed by atoms with van der Waals surface area (Å²) < 4.78 is 0. The van der Waals surface area contributed by atoms with E-state index in [0.717, 1.165) is 0 Å². The summed E-state index contributed by atoms with van der Waals surface area (Å²) in [4.78, 5) is 25.6. The van der Waals surface area contributed by atoms with Crippen LogP contribution in [-0.2, 0) is 0 Å². The Hall–Kier alpha value is -3.24. The third-order valence-electron chi connectivity index (χ3n) is 3.99. The maximum atomic E-state index is 12.8. The number of rotatable bonds is 5. The molecule has 0 heterocycles. The first kappa shape index (κ1) is 16.6. The summed E-state index contributed by atoms with van der Waals surface area (Å²) in [7, 11) is 0. The smallest absolute Gasteiger partial charge is 0.196 e. The van der Waals surface area contributed by atoms with Crippen LogP contribution in [0.2, 0.25) is 0 Å².